The third-order valence-electron chi connectivity index (χ3n) is 4.11. The highest BCUT2D eigenvalue weighted by molar-refractivity contribution is 5.86. The molecule has 0 aromatic carbocycles. The van der Waals surface area contributed by atoms with E-state index >= 15 is 0 Å². The van der Waals surface area contributed by atoms with E-state index in [0.29, 0.717) is 11.7 Å². The lowest BCUT2D eigenvalue weighted by Crippen LogP contribution is -2.21. The molecule has 0 amide bonds. The lowest BCUT2D eigenvalue weighted by molar-refractivity contribution is 0.137. The van der Waals surface area contributed by atoms with Crippen LogP contribution in [0.3, 0.4) is 0 Å². The zero-order chi connectivity index (χ0) is 14.1. The molecule has 1 aliphatic rings. The number of β-amino-alcohol motifs (C(OH)–C–C–N with tert-alkyl or cyclic N) is 1. The molecule has 108 valence electrons. The Morgan fingerprint density at radius 2 is 2.30 bits per heavy atom. The molecule has 6 nitrogen and oxygen atoms in total. The van der Waals surface area contributed by atoms with Crippen LogP contribution < -0.4 is 5.73 Å². The van der Waals surface area contributed by atoms with Crippen LogP contribution in [0.5, 0.6) is 0 Å². The highest BCUT2D eigenvalue weighted by Crippen LogP contribution is 2.26. The van der Waals surface area contributed by atoms with Crippen LogP contribution in [0, 0.1) is 5.92 Å². The molecule has 4 N–H and O–H groups in total. The van der Waals surface area contributed by atoms with Gasteiger partial charge in [-0.2, -0.15) is 0 Å². The Bertz CT molecular complexity index is 596. The van der Waals surface area contributed by atoms with Gasteiger partial charge in [0.2, 0.25) is 0 Å². The summed E-state index contributed by atoms with van der Waals surface area (Å²) >= 11 is 0. The van der Waals surface area contributed by atoms with E-state index in [9.17, 15) is 5.11 Å². The molecular weight excluding hydrogens is 254 g/mol. The van der Waals surface area contributed by atoms with Gasteiger partial charge in [0.05, 0.1) is 11.6 Å². The van der Waals surface area contributed by atoms with Crippen LogP contribution in [0.15, 0.2) is 12.5 Å². The maximum Gasteiger partial charge on any atom is 0.151 e. The SMILES string of the molecule is CCC[C@H]1CN(Cc2c[nH]c3c(N)ncnc23)C[C@H]1O. The van der Waals surface area contributed by atoms with Gasteiger partial charge in [0, 0.05) is 31.4 Å². The summed E-state index contributed by atoms with van der Waals surface area (Å²) in [5.41, 5.74) is 8.61. The van der Waals surface area contributed by atoms with Gasteiger partial charge in [0.25, 0.3) is 0 Å². The Balaban J connectivity index is 1.76. The number of nitrogens with zero attached hydrogens (tertiary/aromatic N) is 3. The fourth-order valence-corrected chi connectivity index (χ4v) is 3.10. The van der Waals surface area contributed by atoms with E-state index in [2.05, 4.69) is 26.8 Å². The number of hydrogen-bond donors (Lipinski definition) is 3. The number of H-pyrrole nitrogens is 1. The van der Waals surface area contributed by atoms with E-state index in [-0.39, 0.29) is 6.10 Å². The van der Waals surface area contributed by atoms with Crippen molar-refractivity contribution in [3.05, 3.63) is 18.1 Å². The number of hydrogen-bond acceptors (Lipinski definition) is 5. The highest BCUT2D eigenvalue weighted by Gasteiger charge is 2.30. The molecule has 0 bridgehead atoms. The second kappa shape index (κ2) is 5.38. The first-order valence-corrected chi connectivity index (χ1v) is 7.16. The maximum absolute atomic E-state index is 10.1. The van der Waals surface area contributed by atoms with Crippen molar-refractivity contribution in [2.45, 2.75) is 32.4 Å². The Kier molecular flexibility index (Phi) is 3.58. The van der Waals surface area contributed by atoms with Gasteiger partial charge in [-0.15, -0.1) is 0 Å². The Labute approximate surface area is 118 Å². The molecule has 0 unspecified atom stereocenters. The summed E-state index contributed by atoms with van der Waals surface area (Å²) in [6.45, 7) is 4.63. The smallest absolute Gasteiger partial charge is 0.151 e. The number of anilines is 1. The van der Waals surface area contributed by atoms with Crippen molar-refractivity contribution in [1.82, 2.24) is 19.9 Å². The van der Waals surface area contributed by atoms with Crippen LogP contribution in [0.4, 0.5) is 5.82 Å². The largest absolute Gasteiger partial charge is 0.391 e. The first kappa shape index (κ1) is 13.3. The van der Waals surface area contributed by atoms with Gasteiger partial charge in [0.15, 0.2) is 5.82 Å². The third kappa shape index (κ3) is 2.36. The van der Waals surface area contributed by atoms with Crippen LogP contribution in [0.2, 0.25) is 0 Å². The van der Waals surface area contributed by atoms with Crippen molar-refractivity contribution in [2.24, 2.45) is 5.92 Å². The van der Waals surface area contributed by atoms with Crippen molar-refractivity contribution >= 4 is 16.9 Å². The number of fused-ring (bicyclic) bond motifs is 1. The normalized spacial score (nSPS) is 23.7. The van der Waals surface area contributed by atoms with Crippen molar-refractivity contribution in [1.29, 1.82) is 0 Å². The average Bonchev–Trinajstić information content (AvgIpc) is 2.97. The maximum atomic E-state index is 10.1. The van der Waals surface area contributed by atoms with Crippen molar-refractivity contribution < 1.29 is 5.11 Å². The molecule has 0 spiro atoms. The molecule has 0 radical (unpaired) electrons. The summed E-state index contributed by atoms with van der Waals surface area (Å²) in [6, 6.07) is 0. The molecule has 0 saturated carbocycles. The molecule has 0 aliphatic carbocycles. The first-order chi connectivity index (χ1) is 9.69. The number of likely N-dealkylation sites (tertiary alicyclic amines) is 1. The molecule has 2 atom stereocenters. The number of aromatic nitrogens is 3. The number of aliphatic hydroxyl groups is 1. The van der Waals surface area contributed by atoms with Gasteiger partial charge < -0.3 is 15.8 Å². The van der Waals surface area contributed by atoms with Crippen molar-refractivity contribution in [3.8, 4) is 0 Å². The summed E-state index contributed by atoms with van der Waals surface area (Å²) < 4.78 is 0. The van der Waals surface area contributed by atoms with Gasteiger partial charge in [0.1, 0.15) is 11.8 Å². The van der Waals surface area contributed by atoms with E-state index in [1.807, 2.05) is 6.20 Å². The minimum absolute atomic E-state index is 0.208. The molecule has 1 aliphatic heterocycles. The van der Waals surface area contributed by atoms with Gasteiger partial charge in [-0.25, -0.2) is 9.97 Å². The lowest BCUT2D eigenvalue weighted by atomic mass is 10.0. The van der Waals surface area contributed by atoms with Gasteiger partial charge in [-0.1, -0.05) is 13.3 Å². The van der Waals surface area contributed by atoms with Crippen LogP contribution in [0.1, 0.15) is 25.3 Å². The van der Waals surface area contributed by atoms with E-state index < -0.39 is 0 Å². The van der Waals surface area contributed by atoms with E-state index in [1.165, 1.54) is 6.33 Å². The molecule has 2 aromatic heterocycles. The standard InChI is InChI=1S/C14H21N5O/c1-2-3-9-5-19(7-11(9)20)6-10-4-16-13-12(10)17-8-18-14(13)15/h4,8-9,11,16,20H,2-3,5-7H2,1H3,(H2,15,17,18)/t9-,11+/m0/s1. The van der Waals surface area contributed by atoms with Gasteiger partial charge in [-0.3, -0.25) is 4.90 Å². The van der Waals surface area contributed by atoms with E-state index in [0.717, 1.165) is 49.1 Å². The fourth-order valence-electron chi connectivity index (χ4n) is 3.10. The van der Waals surface area contributed by atoms with Crippen LogP contribution in [-0.2, 0) is 6.54 Å². The first-order valence-electron chi connectivity index (χ1n) is 7.16. The molecule has 1 fully saturated rings. The monoisotopic (exact) mass is 275 g/mol. The molecule has 20 heavy (non-hydrogen) atoms. The summed E-state index contributed by atoms with van der Waals surface area (Å²) in [7, 11) is 0. The summed E-state index contributed by atoms with van der Waals surface area (Å²) in [6.07, 6.45) is 5.43. The summed E-state index contributed by atoms with van der Waals surface area (Å²) in [5, 5.41) is 10.1. The minimum atomic E-state index is -0.208. The lowest BCUT2D eigenvalue weighted by Gasteiger charge is -2.14. The zero-order valence-electron chi connectivity index (χ0n) is 11.7. The fraction of sp³-hybridized carbons (Fsp3) is 0.571. The predicted octanol–water partition coefficient (Wildman–Crippen LogP) is 1.13. The Hall–Kier alpha value is -1.66. The predicted molar refractivity (Wildman–Crippen MR) is 78.0 cm³/mol. The number of aliphatic hydroxyl groups excluding tert-OH is 1. The van der Waals surface area contributed by atoms with Crippen LogP contribution in [-0.4, -0.2) is 44.2 Å². The van der Waals surface area contributed by atoms with E-state index in [1.54, 1.807) is 0 Å². The summed E-state index contributed by atoms with van der Waals surface area (Å²) in [5.74, 6) is 0.872. The molecule has 6 heteroatoms. The van der Waals surface area contributed by atoms with Crippen molar-refractivity contribution in [2.75, 3.05) is 18.8 Å². The third-order valence-corrected chi connectivity index (χ3v) is 4.11. The van der Waals surface area contributed by atoms with Gasteiger partial charge in [-0.05, 0) is 12.3 Å². The van der Waals surface area contributed by atoms with Gasteiger partial charge >= 0.3 is 0 Å². The second-order valence-electron chi connectivity index (χ2n) is 5.61. The van der Waals surface area contributed by atoms with Crippen LogP contribution in [0.25, 0.3) is 11.0 Å². The Morgan fingerprint density at radius 3 is 3.10 bits per heavy atom. The quantitative estimate of drug-likeness (QED) is 0.778. The number of rotatable bonds is 4. The number of nitrogen functional groups attached to an aromatic ring is 1. The minimum Gasteiger partial charge on any atom is -0.391 e. The molecule has 3 heterocycles. The van der Waals surface area contributed by atoms with Crippen LogP contribution >= 0.6 is 0 Å². The van der Waals surface area contributed by atoms with Crippen molar-refractivity contribution in [3.63, 3.8) is 0 Å². The topological polar surface area (TPSA) is 91.1 Å². The molecule has 3 rings (SSSR count). The molecular formula is C14H21N5O. The zero-order valence-corrected chi connectivity index (χ0v) is 11.7. The molecule has 1 saturated heterocycles. The second-order valence-corrected chi connectivity index (χ2v) is 5.61. The highest BCUT2D eigenvalue weighted by atomic mass is 16.3. The molecule has 2 aromatic rings. The average molecular weight is 275 g/mol. The summed E-state index contributed by atoms with van der Waals surface area (Å²) in [4.78, 5) is 13.7. The number of nitrogens with two attached hydrogens (primary N) is 1. The number of nitrogens with one attached hydrogen (secondary N) is 1. The Morgan fingerprint density at radius 1 is 1.45 bits per heavy atom. The van der Waals surface area contributed by atoms with E-state index in [4.69, 9.17) is 5.73 Å². The number of aromatic amines is 1.